The van der Waals surface area contributed by atoms with Gasteiger partial charge in [0.25, 0.3) is 0 Å². The summed E-state index contributed by atoms with van der Waals surface area (Å²) in [6, 6.07) is 14.1. The minimum atomic E-state index is -0.147. The molecule has 2 heterocycles. The molecule has 27 heavy (non-hydrogen) atoms. The van der Waals surface area contributed by atoms with E-state index in [1.54, 1.807) is 12.1 Å². The lowest BCUT2D eigenvalue weighted by atomic mass is 9.86. The van der Waals surface area contributed by atoms with E-state index < -0.39 is 0 Å². The van der Waals surface area contributed by atoms with Gasteiger partial charge in [-0.3, -0.25) is 4.90 Å². The van der Waals surface area contributed by atoms with Gasteiger partial charge in [-0.05, 0) is 42.2 Å². The number of halogens is 2. The number of hydrogen-bond acceptors (Lipinski definition) is 2. The fourth-order valence-electron chi connectivity index (χ4n) is 4.83. The molecule has 0 amide bonds. The van der Waals surface area contributed by atoms with Crippen molar-refractivity contribution in [3.63, 3.8) is 0 Å². The molecule has 0 bridgehead atoms. The van der Waals surface area contributed by atoms with Crippen molar-refractivity contribution in [2.75, 3.05) is 26.3 Å². The van der Waals surface area contributed by atoms with Gasteiger partial charge in [0.05, 0.1) is 18.9 Å². The minimum Gasteiger partial charge on any atom is -0.379 e. The molecule has 1 aromatic heterocycles. The van der Waals surface area contributed by atoms with E-state index in [0.29, 0.717) is 11.6 Å². The lowest BCUT2D eigenvalue weighted by Gasteiger charge is -2.37. The number of nitrogens with zero attached hydrogens (tertiary/aromatic N) is 2. The minimum absolute atomic E-state index is 0. The normalized spacial score (nSPS) is 19.9. The summed E-state index contributed by atoms with van der Waals surface area (Å²) in [6.07, 6.45) is 2.07. The maximum atomic E-state index is 14.6. The van der Waals surface area contributed by atoms with Crippen LogP contribution >= 0.6 is 12.4 Å². The van der Waals surface area contributed by atoms with Crippen LogP contribution in [0.2, 0.25) is 0 Å². The topological polar surface area (TPSA) is 17.4 Å². The second-order valence-corrected chi connectivity index (χ2v) is 7.31. The van der Waals surface area contributed by atoms with E-state index in [9.17, 15) is 4.39 Å². The number of rotatable bonds is 2. The summed E-state index contributed by atoms with van der Waals surface area (Å²) in [4.78, 5) is 2.55. The van der Waals surface area contributed by atoms with E-state index in [1.165, 1.54) is 22.0 Å². The van der Waals surface area contributed by atoms with Gasteiger partial charge >= 0.3 is 0 Å². The molecule has 2 aliphatic rings. The smallest absolute Gasteiger partial charge is 0.132 e. The van der Waals surface area contributed by atoms with Gasteiger partial charge < -0.3 is 9.30 Å². The van der Waals surface area contributed by atoms with Gasteiger partial charge in [0.1, 0.15) is 5.82 Å². The summed E-state index contributed by atoms with van der Waals surface area (Å²) in [5, 5.41) is 1.33. The molecule has 1 saturated heterocycles. The Morgan fingerprint density at radius 3 is 2.59 bits per heavy atom. The number of ether oxygens (including phenoxy) is 1. The van der Waals surface area contributed by atoms with Gasteiger partial charge in [0, 0.05) is 42.6 Å². The van der Waals surface area contributed by atoms with E-state index >= 15 is 0 Å². The lowest BCUT2D eigenvalue weighted by Crippen LogP contribution is -2.40. The van der Waals surface area contributed by atoms with Crippen LogP contribution in [0.5, 0.6) is 0 Å². The zero-order valence-corrected chi connectivity index (χ0v) is 16.3. The quantitative estimate of drug-likeness (QED) is 0.633. The highest BCUT2D eigenvalue weighted by Crippen LogP contribution is 2.44. The van der Waals surface area contributed by atoms with Crippen molar-refractivity contribution in [2.45, 2.75) is 18.9 Å². The zero-order chi connectivity index (χ0) is 17.7. The molecule has 1 aliphatic heterocycles. The Morgan fingerprint density at radius 1 is 1.04 bits per heavy atom. The Labute approximate surface area is 165 Å². The largest absolute Gasteiger partial charge is 0.379 e. The molecular formula is C22H24ClFN2O. The van der Waals surface area contributed by atoms with E-state index in [0.717, 1.165) is 44.8 Å². The Hall–Kier alpha value is -1.88. The van der Waals surface area contributed by atoms with Crippen LogP contribution < -0.4 is 0 Å². The van der Waals surface area contributed by atoms with Crippen LogP contribution in [0.25, 0.3) is 22.2 Å². The third kappa shape index (κ3) is 2.87. The molecule has 0 N–H and O–H groups in total. The first-order valence-corrected chi connectivity index (χ1v) is 9.42. The van der Waals surface area contributed by atoms with Crippen LogP contribution in [-0.4, -0.2) is 35.8 Å². The summed E-state index contributed by atoms with van der Waals surface area (Å²) in [5.74, 6) is -0.147. The molecule has 0 spiro atoms. The molecule has 1 unspecified atom stereocenters. The molecule has 1 aliphatic carbocycles. The first-order valence-electron chi connectivity index (χ1n) is 9.42. The van der Waals surface area contributed by atoms with Crippen LogP contribution in [0.15, 0.2) is 42.5 Å². The number of morpholine rings is 1. The fourth-order valence-corrected chi connectivity index (χ4v) is 4.83. The Kier molecular flexibility index (Phi) is 4.97. The van der Waals surface area contributed by atoms with E-state index in [1.807, 2.05) is 12.1 Å². The third-order valence-corrected chi connectivity index (χ3v) is 6.00. The highest BCUT2D eigenvalue weighted by atomic mass is 35.5. The maximum absolute atomic E-state index is 14.6. The van der Waals surface area contributed by atoms with Crippen LogP contribution in [0.4, 0.5) is 4.39 Å². The molecule has 1 fully saturated rings. The Bertz CT molecular complexity index is 978. The van der Waals surface area contributed by atoms with Gasteiger partial charge in [0.15, 0.2) is 0 Å². The van der Waals surface area contributed by atoms with Gasteiger partial charge in [-0.2, -0.15) is 0 Å². The molecular weight excluding hydrogens is 363 g/mol. The van der Waals surface area contributed by atoms with Gasteiger partial charge in [-0.25, -0.2) is 4.39 Å². The van der Waals surface area contributed by atoms with Crippen molar-refractivity contribution in [1.82, 2.24) is 9.47 Å². The third-order valence-electron chi connectivity index (χ3n) is 6.00. The predicted molar refractivity (Wildman–Crippen MR) is 109 cm³/mol. The van der Waals surface area contributed by atoms with Gasteiger partial charge in [-0.1, -0.05) is 24.3 Å². The van der Waals surface area contributed by atoms with Crippen LogP contribution in [-0.2, 0) is 18.2 Å². The van der Waals surface area contributed by atoms with Crippen molar-refractivity contribution in [3.05, 3.63) is 59.4 Å². The number of aromatic nitrogens is 1. The second kappa shape index (κ2) is 7.27. The second-order valence-electron chi connectivity index (χ2n) is 7.31. The number of aryl methyl sites for hydroxylation is 2. The average Bonchev–Trinajstić information content (AvgIpc) is 2.97. The summed E-state index contributed by atoms with van der Waals surface area (Å²) in [7, 11) is 2.06. The molecule has 142 valence electrons. The molecule has 1 atom stereocenters. The predicted octanol–water partition coefficient (Wildman–Crippen LogP) is 4.73. The Balaban J connectivity index is 0.00000180. The van der Waals surface area contributed by atoms with Crippen molar-refractivity contribution < 1.29 is 9.13 Å². The van der Waals surface area contributed by atoms with Crippen LogP contribution in [0, 0.1) is 5.82 Å². The van der Waals surface area contributed by atoms with Crippen molar-refractivity contribution >= 4 is 23.3 Å². The lowest BCUT2D eigenvalue weighted by molar-refractivity contribution is 0.0141. The number of benzene rings is 2. The monoisotopic (exact) mass is 386 g/mol. The van der Waals surface area contributed by atoms with Gasteiger partial charge in [-0.15, -0.1) is 12.4 Å². The summed E-state index contributed by atoms with van der Waals surface area (Å²) in [5.41, 5.74) is 5.63. The molecule has 3 nitrogen and oxygen atoms in total. The van der Waals surface area contributed by atoms with Gasteiger partial charge in [0.2, 0.25) is 0 Å². The zero-order valence-electron chi connectivity index (χ0n) is 15.5. The van der Waals surface area contributed by atoms with E-state index in [2.05, 4.69) is 34.7 Å². The Morgan fingerprint density at radius 2 is 1.81 bits per heavy atom. The van der Waals surface area contributed by atoms with Crippen molar-refractivity contribution in [3.8, 4) is 11.3 Å². The molecule has 0 saturated carbocycles. The highest BCUT2D eigenvalue weighted by molar-refractivity contribution is 5.95. The molecule has 5 rings (SSSR count). The van der Waals surface area contributed by atoms with E-state index in [-0.39, 0.29) is 18.2 Å². The van der Waals surface area contributed by atoms with Crippen molar-refractivity contribution in [2.24, 2.45) is 7.05 Å². The molecule has 0 radical (unpaired) electrons. The summed E-state index contributed by atoms with van der Waals surface area (Å²) >= 11 is 0. The standard InChI is InChI=1S/C22H23FN2O.ClH/c1-24-20-8-4-6-16-19(25-11-13-26-14-12-25)10-9-17(21(16)20)22(24)15-5-2-3-7-18(15)23;/h2-8,19H,9-14H2,1H3;1H. The number of hydrogen-bond donors (Lipinski definition) is 0. The van der Waals surface area contributed by atoms with Crippen molar-refractivity contribution in [1.29, 1.82) is 0 Å². The maximum Gasteiger partial charge on any atom is 0.132 e. The highest BCUT2D eigenvalue weighted by Gasteiger charge is 2.31. The van der Waals surface area contributed by atoms with E-state index in [4.69, 9.17) is 4.74 Å². The summed E-state index contributed by atoms with van der Waals surface area (Å²) in [6.45, 7) is 3.61. The molecule has 2 aromatic carbocycles. The van der Waals surface area contributed by atoms with Crippen LogP contribution in [0.3, 0.4) is 0 Å². The first kappa shape index (κ1) is 18.5. The first-order chi connectivity index (χ1) is 12.8. The SMILES string of the molecule is Cl.Cn1c(-c2ccccc2F)c2c3c(cccc31)C(N1CCOCC1)CC2. The summed E-state index contributed by atoms with van der Waals surface area (Å²) < 4.78 is 22.3. The average molecular weight is 387 g/mol. The molecule has 5 heteroatoms. The molecule has 3 aromatic rings. The van der Waals surface area contributed by atoms with Crippen LogP contribution in [0.1, 0.15) is 23.6 Å². The fraction of sp³-hybridized carbons (Fsp3) is 0.364.